The van der Waals surface area contributed by atoms with Crippen LogP contribution >= 0.6 is 11.6 Å². The van der Waals surface area contributed by atoms with Crippen LogP contribution in [0.2, 0.25) is 5.02 Å². The number of piperazine rings is 1. The molecule has 2 aromatic carbocycles. The molecule has 1 heterocycles. The molecule has 0 atom stereocenters. The van der Waals surface area contributed by atoms with Gasteiger partial charge >= 0.3 is 0 Å². The van der Waals surface area contributed by atoms with Crippen molar-refractivity contribution in [1.29, 1.82) is 0 Å². The van der Waals surface area contributed by atoms with E-state index in [9.17, 15) is 8.42 Å². The van der Waals surface area contributed by atoms with Crippen LogP contribution in [0.5, 0.6) is 5.75 Å². The van der Waals surface area contributed by atoms with Crippen molar-refractivity contribution in [2.75, 3.05) is 37.7 Å². The summed E-state index contributed by atoms with van der Waals surface area (Å²) in [7, 11) is -3.49. The van der Waals surface area contributed by atoms with E-state index in [4.69, 9.17) is 16.3 Å². The molecule has 1 aliphatic rings. The Bertz CT molecular complexity index is 861. The second kappa shape index (κ2) is 7.86. The summed E-state index contributed by atoms with van der Waals surface area (Å²) in [5.41, 5.74) is 2.09. The number of hydrogen-bond donors (Lipinski definition) is 0. The molecule has 0 bridgehead atoms. The van der Waals surface area contributed by atoms with Crippen LogP contribution in [-0.4, -0.2) is 45.5 Å². The van der Waals surface area contributed by atoms with Crippen LogP contribution in [0, 0.1) is 6.92 Å². The smallest absolute Gasteiger partial charge is 0.243 e. The van der Waals surface area contributed by atoms with E-state index in [1.165, 1.54) is 0 Å². The van der Waals surface area contributed by atoms with Gasteiger partial charge in [0.1, 0.15) is 5.75 Å². The third-order valence-electron chi connectivity index (χ3n) is 4.59. The van der Waals surface area contributed by atoms with Crippen molar-refractivity contribution in [2.45, 2.75) is 18.7 Å². The highest BCUT2D eigenvalue weighted by molar-refractivity contribution is 7.89. The van der Waals surface area contributed by atoms with Crippen molar-refractivity contribution < 1.29 is 13.2 Å². The predicted octanol–water partition coefficient (Wildman–Crippen LogP) is 3.56. The molecule has 5 nitrogen and oxygen atoms in total. The molecule has 0 aromatic heterocycles. The van der Waals surface area contributed by atoms with Crippen LogP contribution in [0.4, 0.5) is 5.69 Å². The molecule has 1 saturated heterocycles. The van der Waals surface area contributed by atoms with Crippen LogP contribution in [-0.2, 0) is 10.0 Å². The molecule has 0 N–H and O–H groups in total. The van der Waals surface area contributed by atoms with Crippen molar-refractivity contribution in [3.05, 3.63) is 53.1 Å². The number of sulfonamides is 1. The van der Waals surface area contributed by atoms with Gasteiger partial charge in [0.05, 0.1) is 11.5 Å². The Balaban J connectivity index is 1.71. The van der Waals surface area contributed by atoms with Gasteiger partial charge in [0.25, 0.3) is 0 Å². The molecule has 2 aromatic rings. The van der Waals surface area contributed by atoms with Crippen molar-refractivity contribution in [3.63, 3.8) is 0 Å². The lowest BCUT2D eigenvalue weighted by atomic mass is 10.1. The highest BCUT2D eigenvalue weighted by Gasteiger charge is 2.29. The summed E-state index contributed by atoms with van der Waals surface area (Å²) in [6.07, 6.45) is 0. The standard InChI is InChI=1S/C19H23ClN2O3S/c1-3-25-16-7-9-17(10-8-16)26(23,24)22-13-11-21(12-14-22)19-6-4-5-18(20)15(19)2/h4-10H,3,11-14H2,1-2H3. The van der Waals surface area contributed by atoms with E-state index < -0.39 is 10.0 Å². The van der Waals surface area contributed by atoms with Crippen LogP contribution in [0.3, 0.4) is 0 Å². The summed E-state index contributed by atoms with van der Waals surface area (Å²) in [4.78, 5) is 2.49. The number of halogens is 1. The molecule has 0 saturated carbocycles. The maximum absolute atomic E-state index is 12.9. The number of nitrogens with zero attached hydrogens (tertiary/aromatic N) is 2. The van der Waals surface area contributed by atoms with Crippen LogP contribution in [0.25, 0.3) is 0 Å². The average molecular weight is 395 g/mol. The average Bonchev–Trinajstić information content (AvgIpc) is 2.65. The Hall–Kier alpha value is -1.76. The fraction of sp³-hybridized carbons (Fsp3) is 0.368. The summed E-state index contributed by atoms with van der Waals surface area (Å²) in [5.74, 6) is 0.674. The molecule has 0 amide bonds. The van der Waals surface area contributed by atoms with E-state index in [1.807, 2.05) is 32.0 Å². The Labute approximate surface area is 160 Å². The van der Waals surface area contributed by atoms with E-state index in [2.05, 4.69) is 4.90 Å². The van der Waals surface area contributed by atoms with Gasteiger partial charge < -0.3 is 9.64 Å². The lowest BCUT2D eigenvalue weighted by Crippen LogP contribution is -2.48. The fourth-order valence-electron chi connectivity index (χ4n) is 3.13. The van der Waals surface area contributed by atoms with Gasteiger partial charge in [-0.05, 0) is 55.8 Å². The van der Waals surface area contributed by atoms with Crippen LogP contribution in [0.1, 0.15) is 12.5 Å². The molecule has 3 rings (SSSR count). The van der Waals surface area contributed by atoms with Gasteiger partial charge in [0, 0.05) is 36.9 Å². The maximum atomic E-state index is 12.9. The van der Waals surface area contributed by atoms with Gasteiger partial charge in [-0.25, -0.2) is 8.42 Å². The van der Waals surface area contributed by atoms with Gasteiger partial charge in [0.15, 0.2) is 0 Å². The van der Waals surface area contributed by atoms with Gasteiger partial charge in [-0.3, -0.25) is 0 Å². The molecule has 7 heteroatoms. The third-order valence-corrected chi connectivity index (χ3v) is 6.91. The minimum Gasteiger partial charge on any atom is -0.494 e. The molecular weight excluding hydrogens is 372 g/mol. The molecule has 0 radical (unpaired) electrons. The highest BCUT2D eigenvalue weighted by Crippen LogP contribution is 2.28. The fourth-order valence-corrected chi connectivity index (χ4v) is 4.72. The number of benzene rings is 2. The van der Waals surface area contributed by atoms with Crippen LogP contribution in [0.15, 0.2) is 47.4 Å². The van der Waals surface area contributed by atoms with Crippen molar-refractivity contribution in [3.8, 4) is 5.75 Å². The minimum absolute atomic E-state index is 0.299. The lowest BCUT2D eigenvalue weighted by Gasteiger charge is -2.36. The summed E-state index contributed by atoms with van der Waals surface area (Å²) in [5, 5.41) is 0.729. The summed E-state index contributed by atoms with van der Waals surface area (Å²) in [6.45, 7) is 6.60. The van der Waals surface area contributed by atoms with Gasteiger partial charge in [-0.15, -0.1) is 0 Å². The van der Waals surface area contributed by atoms with E-state index in [-0.39, 0.29) is 0 Å². The topological polar surface area (TPSA) is 49.9 Å². The predicted molar refractivity (Wildman–Crippen MR) is 105 cm³/mol. The Morgan fingerprint density at radius 3 is 2.31 bits per heavy atom. The van der Waals surface area contributed by atoms with Gasteiger partial charge in [-0.1, -0.05) is 17.7 Å². The zero-order valence-corrected chi connectivity index (χ0v) is 16.6. The molecule has 0 spiro atoms. The molecule has 140 valence electrons. The van der Waals surface area contributed by atoms with Crippen LogP contribution < -0.4 is 9.64 Å². The zero-order chi connectivity index (χ0) is 18.7. The molecule has 1 fully saturated rings. The first-order chi connectivity index (χ1) is 12.4. The van der Waals surface area contributed by atoms with Crippen molar-refractivity contribution in [2.24, 2.45) is 0 Å². The first-order valence-electron chi connectivity index (χ1n) is 8.66. The molecule has 0 unspecified atom stereocenters. The number of anilines is 1. The Morgan fingerprint density at radius 1 is 1.04 bits per heavy atom. The Kier molecular flexibility index (Phi) is 5.75. The highest BCUT2D eigenvalue weighted by atomic mass is 35.5. The second-order valence-corrected chi connectivity index (χ2v) is 8.52. The first kappa shape index (κ1) is 19.0. The molecule has 0 aliphatic carbocycles. The maximum Gasteiger partial charge on any atom is 0.243 e. The van der Waals surface area contributed by atoms with E-state index in [1.54, 1.807) is 28.6 Å². The number of ether oxygens (including phenoxy) is 1. The molecular formula is C19H23ClN2O3S. The quantitative estimate of drug-likeness (QED) is 0.778. The largest absolute Gasteiger partial charge is 0.494 e. The first-order valence-corrected chi connectivity index (χ1v) is 10.5. The zero-order valence-electron chi connectivity index (χ0n) is 15.0. The summed E-state index contributed by atoms with van der Waals surface area (Å²) in [6, 6.07) is 12.4. The molecule has 1 aliphatic heterocycles. The van der Waals surface area contributed by atoms with Gasteiger partial charge in [0.2, 0.25) is 10.0 Å². The van der Waals surface area contributed by atoms with E-state index in [0.717, 1.165) is 16.3 Å². The normalized spacial score (nSPS) is 15.9. The monoisotopic (exact) mass is 394 g/mol. The summed E-state index contributed by atoms with van der Waals surface area (Å²) < 4.78 is 32.6. The number of rotatable bonds is 5. The number of hydrogen-bond acceptors (Lipinski definition) is 4. The SMILES string of the molecule is CCOc1ccc(S(=O)(=O)N2CCN(c3cccc(Cl)c3C)CC2)cc1. The minimum atomic E-state index is -3.49. The lowest BCUT2D eigenvalue weighted by molar-refractivity contribution is 0.340. The van der Waals surface area contributed by atoms with Crippen molar-refractivity contribution in [1.82, 2.24) is 4.31 Å². The van der Waals surface area contributed by atoms with E-state index in [0.29, 0.717) is 43.4 Å². The molecule has 26 heavy (non-hydrogen) atoms. The van der Waals surface area contributed by atoms with E-state index >= 15 is 0 Å². The van der Waals surface area contributed by atoms with Crippen molar-refractivity contribution >= 4 is 27.3 Å². The van der Waals surface area contributed by atoms with Gasteiger partial charge in [-0.2, -0.15) is 4.31 Å². The Morgan fingerprint density at radius 2 is 1.69 bits per heavy atom. The summed E-state index contributed by atoms with van der Waals surface area (Å²) >= 11 is 6.21. The second-order valence-electron chi connectivity index (χ2n) is 6.18. The third kappa shape index (κ3) is 3.82.